The second-order valence-corrected chi connectivity index (χ2v) is 1.01. The molecule has 0 aromatic heterocycles. The number of rotatable bonds is 0. The van der Waals surface area contributed by atoms with Gasteiger partial charge in [-0.3, -0.25) is 0 Å². The highest BCUT2D eigenvalue weighted by Gasteiger charge is 1.53. The Kier molecular flexibility index (Phi) is 18.5. The minimum absolute atomic E-state index is 1.82. The lowest BCUT2D eigenvalue weighted by Crippen LogP contribution is -1.43. The van der Waals surface area contributed by atoms with Crippen molar-refractivity contribution in [2.75, 3.05) is 0 Å². The summed E-state index contributed by atoms with van der Waals surface area (Å²) in [7, 11) is 0. The van der Waals surface area contributed by atoms with Gasteiger partial charge < -0.3 is 0 Å². The largest absolute Gasteiger partial charge is 0.0702 e. The molecule has 10 heavy (non-hydrogen) atoms. The first-order chi connectivity index (χ1) is 5.00. The summed E-state index contributed by atoms with van der Waals surface area (Å²) in [4.78, 5) is 0. The summed E-state index contributed by atoms with van der Waals surface area (Å²) in [6.07, 6.45) is 0. The van der Waals surface area contributed by atoms with Crippen molar-refractivity contribution in [2.24, 2.45) is 0 Å². The normalized spacial score (nSPS) is 5.20. The van der Waals surface area contributed by atoms with Crippen molar-refractivity contribution in [3.8, 4) is 0 Å². The maximum Gasteiger partial charge on any atom is -0.0115 e. The van der Waals surface area contributed by atoms with Gasteiger partial charge in [0.1, 0.15) is 0 Å². The molecule has 0 aliphatic rings. The van der Waals surface area contributed by atoms with Crippen LogP contribution >= 0.6 is 0 Å². The van der Waals surface area contributed by atoms with Gasteiger partial charge in [-0.1, -0.05) is 52.0 Å². The Morgan fingerprint density at radius 3 is 1.10 bits per heavy atom. The maximum absolute atomic E-state index is 2.77. The molecule has 0 radical (unpaired) electrons. The molecular weight excluding hydrogens is 120 g/mol. The van der Waals surface area contributed by atoms with E-state index in [-0.39, 0.29) is 0 Å². The standard InChI is InChI=1S/C6H4.2C2H6/c1-2-4-6-5-3-1;2*1-2/h1-4H;2*1-2H3. The Hall–Kier alpha value is -0.960. The Labute approximate surface area is 64.9 Å². The van der Waals surface area contributed by atoms with Gasteiger partial charge in [-0.15, -0.1) is 0 Å². The van der Waals surface area contributed by atoms with Gasteiger partial charge in [-0.2, -0.15) is 0 Å². The minimum Gasteiger partial charge on any atom is -0.0702 e. The maximum atomic E-state index is 2.77. The van der Waals surface area contributed by atoms with Gasteiger partial charge in [0.15, 0.2) is 0 Å². The average Bonchev–Trinajstić information content (AvgIpc) is 2.14. The number of hydrogen-bond acceptors (Lipinski definition) is 0. The van der Waals surface area contributed by atoms with Crippen molar-refractivity contribution in [2.45, 2.75) is 27.7 Å². The molecule has 0 spiro atoms. The molecule has 0 amide bonds. The zero-order valence-corrected chi connectivity index (χ0v) is 7.31. The van der Waals surface area contributed by atoms with E-state index in [1.165, 1.54) is 0 Å². The predicted octanol–water partition coefficient (Wildman–Crippen LogP) is 3.34. The predicted molar refractivity (Wildman–Crippen MR) is 46.8 cm³/mol. The van der Waals surface area contributed by atoms with Crippen LogP contribution in [0.1, 0.15) is 27.7 Å². The molecular formula is C10H16. The van der Waals surface area contributed by atoms with E-state index in [9.17, 15) is 0 Å². The highest BCUT2D eigenvalue weighted by Crippen LogP contribution is 1.71. The van der Waals surface area contributed by atoms with Crippen molar-refractivity contribution in [1.82, 2.24) is 0 Å². The summed E-state index contributed by atoms with van der Waals surface area (Å²) in [5, 5.41) is 0. The van der Waals surface area contributed by atoms with Crippen molar-refractivity contribution in [3.63, 3.8) is 0 Å². The van der Waals surface area contributed by atoms with E-state index in [1.54, 1.807) is 0 Å². The fourth-order valence-corrected chi connectivity index (χ4v) is 0.304. The van der Waals surface area contributed by atoms with E-state index >= 15 is 0 Å². The van der Waals surface area contributed by atoms with E-state index in [0.717, 1.165) is 0 Å². The Bertz CT molecular complexity index is 72.0. The van der Waals surface area contributed by atoms with Gasteiger partial charge in [0.05, 0.1) is 0 Å². The van der Waals surface area contributed by atoms with Crippen LogP contribution in [0.4, 0.5) is 0 Å². The lowest BCUT2D eigenvalue weighted by molar-refractivity contribution is 1.50. The van der Waals surface area contributed by atoms with Crippen LogP contribution in [-0.2, 0) is 0 Å². The molecule has 0 nitrogen and oxygen atoms in total. The Morgan fingerprint density at radius 2 is 1.00 bits per heavy atom. The molecule has 0 atom stereocenters. The fourth-order valence-electron chi connectivity index (χ4n) is 0.304. The molecule has 0 heteroatoms. The van der Waals surface area contributed by atoms with Crippen LogP contribution in [0, 0.1) is 12.1 Å². The second-order valence-electron chi connectivity index (χ2n) is 1.01. The zero-order valence-electron chi connectivity index (χ0n) is 7.31. The number of hydrogen-bond donors (Lipinski definition) is 0. The summed E-state index contributed by atoms with van der Waals surface area (Å²) in [6, 6.07) is 13.0. The van der Waals surface area contributed by atoms with Gasteiger partial charge in [0, 0.05) is 0 Å². The van der Waals surface area contributed by atoms with Crippen LogP contribution in [0.3, 0.4) is 0 Å². The summed E-state index contributed by atoms with van der Waals surface area (Å²) in [5.74, 6) is 0. The van der Waals surface area contributed by atoms with E-state index in [2.05, 4.69) is 12.1 Å². The molecule has 1 aromatic rings. The van der Waals surface area contributed by atoms with Crippen LogP contribution in [-0.4, -0.2) is 0 Å². The Morgan fingerprint density at radius 1 is 0.700 bits per heavy atom. The van der Waals surface area contributed by atoms with Gasteiger partial charge in [0.2, 0.25) is 0 Å². The van der Waals surface area contributed by atoms with Crippen molar-refractivity contribution in [1.29, 1.82) is 0 Å². The van der Waals surface area contributed by atoms with Crippen LogP contribution in [0.25, 0.3) is 0 Å². The molecule has 1 aromatic carbocycles. The first kappa shape index (κ1) is 11.8. The van der Waals surface area contributed by atoms with Crippen LogP contribution in [0.15, 0.2) is 24.3 Å². The van der Waals surface area contributed by atoms with Gasteiger partial charge in [-0.25, -0.2) is 0 Å². The van der Waals surface area contributed by atoms with E-state index in [4.69, 9.17) is 0 Å². The van der Waals surface area contributed by atoms with Crippen LogP contribution in [0.2, 0.25) is 0 Å². The van der Waals surface area contributed by atoms with E-state index in [0.29, 0.717) is 0 Å². The fraction of sp³-hybridized carbons (Fsp3) is 0.400. The molecule has 0 saturated carbocycles. The summed E-state index contributed by atoms with van der Waals surface area (Å²) >= 11 is 0. The zero-order chi connectivity index (χ0) is 8.24. The molecule has 1 rings (SSSR count). The topological polar surface area (TPSA) is 0 Å². The highest BCUT2D eigenvalue weighted by atomic mass is 13.6. The summed E-state index contributed by atoms with van der Waals surface area (Å²) in [6.45, 7) is 8.00. The molecule has 0 bridgehead atoms. The third-order valence-corrected chi connectivity index (χ3v) is 0.554. The van der Waals surface area contributed by atoms with Crippen molar-refractivity contribution in [3.05, 3.63) is 36.4 Å². The lowest BCUT2D eigenvalue weighted by atomic mass is 10.4. The average molecular weight is 136 g/mol. The van der Waals surface area contributed by atoms with E-state index < -0.39 is 0 Å². The highest BCUT2D eigenvalue weighted by molar-refractivity contribution is 4.89. The van der Waals surface area contributed by atoms with Crippen molar-refractivity contribution >= 4 is 0 Å². The smallest absolute Gasteiger partial charge is 0.0115 e. The lowest BCUT2D eigenvalue weighted by Gasteiger charge is -1.61. The Balaban J connectivity index is 0. The molecule has 0 unspecified atom stereocenters. The third kappa shape index (κ3) is 10.1. The molecule has 56 valence electrons. The van der Waals surface area contributed by atoms with Crippen LogP contribution in [0.5, 0.6) is 0 Å². The second kappa shape index (κ2) is 15.7. The molecule has 0 aliphatic carbocycles. The first-order valence-corrected chi connectivity index (χ1v) is 3.83. The monoisotopic (exact) mass is 136 g/mol. The minimum atomic E-state index is 1.82. The molecule has 0 saturated heterocycles. The first-order valence-electron chi connectivity index (χ1n) is 3.83. The molecule has 0 N–H and O–H groups in total. The molecule has 0 aliphatic heterocycles. The van der Waals surface area contributed by atoms with Gasteiger partial charge >= 0.3 is 0 Å². The molecule has 0 heterocycles. The van der Waals surface area contributed by atoms with Gasteiger partial charge in [-0.05, 0) is 12.1 Å². The van der Waals surface area contributed by atoms with Gasteiger partial charge in [0.25, 0.3) is 0 Å². The SMILES string of the molecule is CC.CC.c1ccccc#1. The van der Waals surface area contributed by atoms with Crippen LogP contribution < -0.4 is 0 Å². The third-order valence-electron chi connectivity index (χ3n) is 0.554. The summed E-state index contributed by atoms with van der Waals surface area (Å²) in [5.41, 5.74) is 0. The van der Waals surface area contributed by atoms with E-state index in [1.807, 2.05) is 52.0 Å². The van der Waals surface area contributed by atoms with Crippen molar-refractivity contribution < 1.29 is 0 Å². The molecule has 0 fully saturated rings. The summed E-state index contributed by atoms with van der Waals surface area (Å²) < 4.78 is 0. The quantitative estimate of drug-likeness (QED) is 0.513.